The number of ether oxygens (including phenoxy) is 1. The van der Waals surface area contributed by atoms with E-state index in [1.807, 2.05) is 0 Å². The number of carbonyl (C=O) groups excluding carboxylic acids is 1. The standard InChI is InChI=1S/C12H15N3O5/c1-2-20-10(17)4-9(16)11(18)7-3-8-12(19)13-6-14-15(8)5-7/h3,5-6,9,11,16,18H,2,4H2,1H3,(H,13,14,19). The number of aliphatic hydroxyl groups is 2. The van der Waals surface area contributed by atoms with Crippen molar-refractivity contribution in [1.29, 1.82) is 0 Å². The number of hydrogen-bond donors (Lipinski definition) is 3. The Hall–Kier alpha value is -2.19. The highest BCUT2D eigenvalue weighted by molar-refractivity contribution is 5.70. The summed E-state index contributed by atoms with van der Waals surface area (Å²) in [6.07, 6.45) is -0.305. The molecule has 0 saturated heterocycles. The Morgan fingerprint density at radius 1 is 1.55 bits per heavy atom. The van der Waals surface area contributed by atoms with E-state index < -0.39 is 18.2 Å². The van der Waals surface area contributed by atoms with Crippen molar-refractivity contribution in [2.24, 2.45) is 0 Å². The molecule has 0 amide bonds. The van der Waals surface area contributed by atoms with Gasteiger partial charge in [0.05, 0.1) is 19.1 Å². The number of nitrogens with zero attached hydrogens (tertiary/aromatic N) is 2. The molecule has 2 heterocycles. The molecule has 108 valence electrons. The third-order valence-corrected chi connectivity index (χ3v) is 2.82. The van der Waals surface area contributed by atoms with Crippen molar-refractivity contribution >= 4 is 11.5 Å². The molecule has 2 rings (SSSR count). The molecule has 2 unspecified atom stereocenters. The van der Waals surface area contributed by atoms with Crippen molar-refractivity contribution < 1.29 is 19.7 Å². The number of esters is 1. The minimum atomic E-state index is -1.31. The van der Waals surface area contributed by atoms with Crippen molar-refractivity contribution in [1.82, 2.24) is 14.6 Å². The number of fused-ring (bicyclic) bond motifs is 1. The zero-order valence-corrected chi connectivity index (χ0v) is 10.8. The van der Waals surface area contributed by atoms with E-state index in [0.717, 1.165) is 0 Å². The molecule has 0 aliphatic carbocycles. The number of aliphatic hydroxyl groups excluding tert-OH is 2. The fourth-order valence-electron chi connectivity index (χ4n) is 1.85. The highest BCUT2D eigenvalue weighted by Crippen LogP contribution is 2.20. The molecule has 3 N–H and O–H groups in total. The van der Waals surface area contributed by atoms with E-state index in [0.29, 0.717) is 5.56 Å². The van der Waals surface area contributed by atoms with Gasteiger partial charge in [0.1, 0.15) is 17.9 Å². The normalized spacial score (nSPS) is 14.2. The van der Waals surface area contributed by atoms with Crippen LogP contribution in [0.25, 0.3) is 5.52 Å². The Labute approximate surface area is 113 Å². The van der Waals surface area contributed by atoms with E-state index in [2.05, 4.69) is 10.1 Å². The lowest BCUT2D eigenvalue weighted by molar-refractivity contribution is -0.147. The average Bonchev–Trinajstić information content (AvgIpc) is 2.83. The molecule has 0 radical (unpaired) electrons. The third-order valence-electron chi connectivity index (χ3n) is 2.82. The lowest BCUT2D eigenvalue weighted by Crippen LogP contribution is -2.22. The first-order chi connectivity index (χ1) is 9.52. The molecule has 0 aliphatic heterocycles. The molecule has 0 saturated carbocycles. The monoisotopic (exact) mass is 281 g/mol. The molecule has 2 atom stereocenters. The van der Waals surface area contributed by atoms with Crippen molar-refractivity contribution in [3.05, 3.63) is 34.5 Å². The Bertz CT molecular complexity index is 662. The summed E-state index contributed by atoms with van der Waals surface area (Å²) in [5, 5.41) is 23.7. The zero-order chi connectivity index (χ0) is 14.7. The molecule has 0 spiro atoms. The summed E-state index contributed by atoms with van der Waals surface area (Å²) >= 11 is 0. The lowest BCUT2D eigenvalue weighted by Gasteiger charge is -2.15. The maximum atomic E-state index is 11.5. The molecule has 0 fully saturated rings. The molecule has 0 aromatic carbocycles. The number of nitrogens with one attached hydrogen (secondary N) is 1. The number of aromatic nitrogens is 3. The lowest BCUT2D eigenvalue weighted by atomic mass is 10.1. The van der Waals surface area contributed by atoms with Crippen LogP contribution in [0, 0.1) is 0 Å². The largest absolute Gasteiger partial charge is 0.466 e. The summed E-state index contributed by atoms with van der Waals surface area (Å²) in [5.41, 5.74) is 0.175. The fraction of sp³-hybridized carbons (Fsp3) is 0.417. The van der Waals surface area contributed by atoms with Crippen LogP contribution in [0.15, 0.2) is 23.4 Å². The zero-order valence-electron chi connectivity index (χ0n) is 10.8. The van der Waals surface area contributed by atoms with E-state index >= 15 is 0 Å². The number of rotatable bonds is 5. The number of carbonyl (C=O) groups is 1. The van der Waals surface area contributed by atoms with Gasteiger partial charge in [-0.3, -0.25) is 9.59 Å². The van der Waals surface area contributed by atoms with Gasteiger partial charge in [-0.25, -0.2) is 4.52 Å². The van der Waals surface area contributed by atoms with Gasteiger partial charge in [0, 0.05) is 11.8 Å². The second-order valence-electron chi connectivity index (χ2n) is 4.24. The van der Waals surface area contributed by atoms with Gasteiger partial charge in [-0.15, -0.1) is 0 Å². The molecular weight excluding hydrogens is 266 g/mol. The minimum Gasteiger partial charge on any atom is -0.466 e. The SMILES string of the molecule is CCOC(=O)CC(O)C(O)c1cc2c(=O)[nH]cnn2c1. The van der Waals surface area contributed by atoms with Crippen molar-refractivity contribution in [2.45, 2.75) is 25.6 Å². The third kappa shape index (κ3) is 2.86. The first kappa shape index (κ1) is 14.2. The van der Waals surface area contributed by atoms with Crippen LogP contribution in [0.4, 0.5) is 0 Å². The highest BCUT2D eigenvalue weighted by Gasteiger charge is 2.23. The van der Waals surface area contributed by atoms with E-state index in [9.17, 15) is 19.8 Å². The Morgan fingerprint density at radius 3 is 2.95 bits per heavy atom. The summed E-state index contributed by atoms with van der Waals surface area (Å²) in [5.74, 6) is -0.598. The quantitative estimate of drug-likeness (QED) is 0.628. The minimum absolute atomic E-state index is 0.205. The predicted molar refractivity (Wildman–Crippen MR) is 68.0 cm³/mol. The smallest absolute Gasteiger partial charge is 0.308 e. The predicted octanol–water partition coefficient (Wildman–Crippen LogP) is -0.630. The fourth-order valence-corrected chi connectivity index (χ4v) is 1.85. The second kappa shape index (κ2) is 5.85. The van der Waals surface area contributed by atoms with Gasteiger partial charge in [0.25, 0.3) is 5.56 Å². The van der Waals surface area contributed by atoms with Gasteiger partial charge < -0.3 is 19.9 Å². The van der Waals surface area contributed by atoms with E-state index in [-0.39, 0.29) is 24.1 Å². The van der Waals surface area contributed by atoms with E-state index in [1.165, 1.54) is 23.1 Å². The topological polar surface area (TPSA) is 117 Å². The molecule has 0 bridgehead atoms. The van der Waals surface area contributed by atoms with E-state index in [1.54, 1.807) is 6.92 Å². The van der Waals surface area contributed by atoms with Gasteiger partial charge in [-0.1, -0.05) is 0 Å². The Balaban J connectivity index is 2.18. The maximum Gasteiger partial charge on any atom is 0.308 e. The Morgan fingerprint density at radius 2 is 2.30 bits per heavy atom. The van der Waals surface area contributed by atoms with Crippen molar-refractivity contribution in [2.75, 3.05) is 6.61 Å². The maximum absolute atomic E-state index is 11.5. The molecule has 8 nitrogen and oxygen atoms in total. The van der Waals surface area contributed by atoms with Gasteiger partial charge >= 0.3 is 5.97 Å². The number of aromatic amines is 1. The molecule has 8 heteroatoms. The van der Waals surface area contributed by atoms with Crippen molar-refractivity contribution in [3.8, 4) is 0 Å². The summed E-state index contributed by atoms with van der Waals surface area (Å²) in [4.78, 5) is 25.2. The van der Waals surface area contributed by atoms with Crippen LogP contribution in [0.2, 0.25) is 0 Å². The van der Waals surface area contributed by atoms with Crippen molar-refractivity contribution in [3.63, 3.8) is 0 Å². The first-order valence-electron chi connectivity index (χ1n) is 6.10. The van der Waals surface area contributed by atoms with Crippen LogP contribution < -0.4 is 5.56 Å². The van der Waals surface area contributed by atoms with Crippen LogP contribution in [0.1, 0.15) is 25.0 Å². The van der Waals surface area contributed by atoms with Crippen LogP contribution in [0.5, 0.6) is 0 Å². The first-order valence-corrected chi connectivity index (χ1v) is 6.10. The van der Waals surface area contributed by atoms with Gasteiger partial charge in [-0.2, -0.15) is 5.10 Å². The summed E-state index contributed by atoms with van der Waals surface area (Å²) in [7, 11) is 0. The molecule has 2 aromatic heterocycles. The van der Waals surface area contributed by atoms with Crippen LogP contribution in [-0.2, 0) is 9.53 Å². The molecule has 0 aliphatic rings. The van der Waals surface area contributed by atoms with E-state index in [4.69, 9.17) is 4.74 Å². The average molecular weight is 281 g/mol. The van der Waals surface area contributed by atoms with Crippen LogP contribution in [0.3, 0.4) is 0 Å². The number of hydrogen-bond acceptors (Lipinski definition) is 6. The summed E-state index contributed by atoms with van der Waals surface area (Å²) in [6.45, 7) is 1.86. The molecular formula is C12H15N3O5. The Kier molecular flexibility index (Phi) is 4.16. The van der Waals surface area contributed by atoms with Gasteiger partial charge in [0.15, 0.2) is 0 Å². The molecule has 2 aromatic rings. The van der Waals surface area contributed by atoms with Gasteiger partial charge in [0.2, 0.25) is 0 Å². The summed E-state index contributed by atoms with van der Waals surface area (Å²) in [6, 6.07) is 1.41. The van der Waals surface area contributed by atoms with Gasteiger partial charge in [-0.05, 0) is 13.0 Å². The highest BCUT2D eigenvalue weighted by atomic mass is 16.5. The second-order valence-corrected chi connectivity index (χ2v) is 4.24. The number of H-pyrrole nitrogens is 1. The summed E-state index contributed by atoms with van der Waals surface area (Å²) < 4.78 is 5.98. The molecule has 20 heavy (non-hydrogen) atoms. The van der Waals surface area contributed by atoms with Crippen LogP contribution >= 0.6 is 0 Å². The van der Waals surface area contributed by atoms with Crippen LogP contribution in [-0.4, -0.2) is 43.5 Å².